The fourth-order valence-electron chi connectivity index (χ4n) is 5.27. The Kier molecular flexibility index (Phi) is 6.75. The molecule has 4 rings (SSSR count). The van der Waals surface area contributed by atoms with Crippen LogP contribution in [0.5, 0.6) is 5.75 Å². The number of guanidine groups is 1. The van der Waals surface area contributed by atoms with E-state index in [1.165, 1.54) is 37.7 Å². The maximum Gasteiger partial charge on any atom is 0.218 e. The lowest BCUT2D eigenvalue weighted by molar-refractivity contribution is -0.193. The Morgan fingerprint density at radius 3 is 2.69 bits per heavy atom. The number of nitrogens with two attached hydrogens (primary N) is 1. The van der Waals surface area contributed by atoms with Crippen LogP contribution < -0.4 is 10.5 Å². The minimum atomic E-state index is -0.716. The van der Waals surface area contributed by atoms with Crippen LogP contribution in [0.2, 0.25) is 0 Å². The summed E-state index contributed by atoms with van der Waals surface area (Å²) in [5, 5.41) is 1.63. The number of aliphatic imine (C=N–C) groups is 1. The second-order valence-corrected chi connectivity index (χ2v) is 9.25. The molecular weight excluding hydrogens is 398 g/mol. The highest BCUT2D eigenvalue weighted by Gasteiger charge is 2.53. The van der Waals surface area contributed by atoms with Gasteiger partial charge in [0.05, 0.1) is 7.11 Å². The van der Waals surface area contributed by atoms with Gasteiger partial charge in [-0.1, -0.05) is 63.8 Å². The molecule has 5 heteroatoms. The normalized spacial score (nSPS) is 22.8. The van der Waals surface area contributed by atoms with Gasteiger partial charge >= 0.3 is 0 Å². The third kappa shape index (κ3) is 4.23. The first-order chi connectivity index (χ1) is 15.5. The Balaban J connectivity index is 1.65. The summed E-state index contributed by atoms with van der Waals surface area (Å²) in [6.07, 6.45) is 8.39. The van der Waals surface area contributed by atoms with E-state index in [1.54, 1.807) is 12.2 Å². The number of ether oxygens (including phenoxy) is 1. The van der Waals surface area contributed by atoms with E-state index in [1.807, 2.05) is 19.2 Å². The Bertz CT molecular complexity index is 973. The fourth-order valence-corrected chi connectivity index (χ4v) is 5.27. The van der Waals surface area contributed by atoms with Crippen molar-refractivity contribution in [3.63, 3.8) is 0 Å². The van der Waals surface area contributed by atoms with E-state index in [-0.39, 0.29) is 5.92 Å². The van der Waals surface area contributed by atoms with Crippen molar-refractivity contribution in [2.45, 2.75) is 64.5 Å². The van der Waals surface area contributed by atoms with Gasteiger partial charge in [-0.3, -0.25) is 0 Å². The number of unbranched alkanes of at least 4 members (excludes halogenated alkanes) is 1. The second kappa shape index (κ2) is 9.53. The number of hydrogen-bond acceptors (Lipinski definition) is 5. The van der Waals surface area contributed by atoms with Crippen LogP contribution >= 0.6 is 0 Å². The molecule has 0 saturated heterocycles. The standard InChI is InChI=1S/C27H37N3O2/c1-5-7-9-19(6-2)12-15-23-16-22-14-13-21(20-10-8-11-24(17-20)31-4)18-25(22)27(23)29-26(28)30(3)32-27/h8,10-11,13-14,17-19,23H,5-7,9,12,15-16H2,1-4H3,(H2,28,29)/t19-,23+,27?/m0/s1. The third-order valence-electron chi connectivity index (χ3n) is 7.26. The van der Waals surface area contributed by atoms with Crippen LogP contribution in [0.3, 0.4) is 0 Å². The summed E-state index contributed by atoms with van der Waals surface area (Å²) in [7, 11) is 3.55. The van der Waals surface area contributed by atoms with Crippen LogP contribution in [0.1, 0.15) is 63.5 Å². The number of hydroxylamine groups is 2. The molecule has 5 nitrogen and oxygen atoms in total. The Morgan fingerprint density at radius 2 is 2.00 bits per heavy atom. The lowest BCUT2D eigenvalue weighted by atomic mass is 9.86. The highest BCUT2D eigenvalue weighted by atomic mass is 16.7. The van der Waals surface area contributed by atoms with E-state index >= 15 is 0 Å². The van der Waals surface area contributed by atoms with E-state index in [0.29, 0.717) is 5.96 Å². The molecule has 0 aromatic heterocycles. The minimum absolute atomic E-state index is 0.289. The zero-order valence-corrected chi connectivity index (χ0v) is 19.9. The van der Waals surface area contributed by atoms with Gasteiger partial charge in [-0.15, -0.1) is 0 Å². The fraction of sp³-hybridized carbons (Fsp3) is 0.519. The van der Waals surface area contributed by atoms with Crippen molar-refractivity contribution in [1.82, 2.24) is 5.06 Å². The molecule has 32 heavy (non-hydrogen) atoms. The molecule has 1 aliphatic carbocycles. The van der Waals surface area contributed by atoms with E-state index in [4.69, 9.17) is 20.3 Å². The summed E-state index contributed by atoms with van der Waals surface area (Å²) in [4.78, 5) is 11.4. The molecule has 1 unspecified atom stereocenters. The summed E-state index contributed by atoms with van der Waals surface area (Å²) in [5.41, 5.74) is 10.2. The van der Waals surface area contributed by atoms with Crippen molar-refractivity contribution in [2.75, 3.05) is 14.2 Å². The Labute approximate surface area is 192 Å². The molecular formula is C27H37N3O2. The number of fused-ring (bicyclic) bond motifs is 2. The molecule has 3 atom stereocenters. The van der Waals surface area contributed by atoms with Gasteiger partial charge in [0.2, 0.25) is 11.7 Å². The highest BCUT2D eigenvalue weighted by Crippen LogP contribution is 2.51. The summed E-state index contributed by atoms with van der Waals surface area (Å²) >= 11 is 0. The summed E-state index contributed by atoms with van der Waals surface area (Å²) in [5.74, 6) is 2.36. The average molecular weight is 436 g/mol. The average Bonchev–Trinajstić information content (AvgIpc) is 3.28. The molecule has 2 aromatic carbocycles. The molecule has 0 amide bonds. The zero-order chi connectivity index (χ0) is 22.7. The first-order valence-electron chi connectivity index (χ1n) is 12.1. The van der Waals surface area contributed by atoms with Crippen molar-refractivity contribution < 1.29 is 9.57 Å². The van der Waals surface area contributed by atoms with Gasteiger partial charge < -0.3 is 10.5 Å². The van der Waals surface area contributed by atoms with Crippen molar-refractivity contribution >= 4 is 5.96 Å². The molecule has 1 aliphatic heterocycles. The van der Waals surface area contributed by atoms with Crippen molar-refractivity contribution in [3.8, 4) is 16.9 Å². The molecule has 2 aromatic rings. The summed E-state index contributed by atoms with van der Waals surface area (Å²) < 4.78 is 5.43. The van der Waals surface area contributed by atoms with Crippen LogP contribution in [0.25, 0.3) is 11.1 Å². The second-order valence-electron chi connectivity index (χ2n) is 9.25. The number of rotatable bonds is 9. The van der Waals surface area contributed by atoms with Gasteiger partial charge in [0.15, 0.2) is 0 Å². The van der Waals surface area contributed by atoms with Crippen molar-refractivity contribution in [2.24, 2.45) is 22.6 Å². The first-order valence-corrected chi connectivity index (χ1v) is 12.1. The van der Waals surface area contributed by atoms with E-state index in [0.717, 1.165) is 41.2 Å². The Hall–Kier alpha value is -2.53. The monoisotopic (exact) mass is 435 g/mol. The first kappa shape index (κ1) is 22.7. The summed E-state index contributed by atoms with van der Waals surface area (Å²) in [6, 6.07) is 14.9. The van der Waals surface area contributed by atoms with Gasteiger partial charge in [0.1, 0.15) is 5.75 Å². The van der Waals surface area contributed by atoms with Gasteiger partial charge in [0.25, 0.3) is 0 Å². The molecule has 1 heterocycles. The molecule has 1 spiro atoms. The third-order valence-corrected chi connectivity index (χ3v) is 7.26. The smallest absolute Gasteiger partial charge is 0.218 e. The highest BCUT2D eigenvalue weighted by molar-refractivity contribution is 5.79. The molecule has 2 N–H and O–H groups in total. The van der Waals surface area contributed by atoms with E-state index < -0.39 is 5.72 Å². The van der Waals surface area contributed by atoms with Crippen LogP contribution in [0.15, 0.2) is 47.5 Å². The minimum Gasteiger partial charge on any atom is -0.497 e. The maximum atomic E-state index is 6.42. The van der Waals surface area contributed by atoms with Gasteiger partial charge in [0, 0.05) is 18.5 Å². The van der Waals surface area contributed by atoms with Gasteiger partial charge in [-0.2, -0.15) is 0 Å². The van der Waals surface area contributed by atoms with Gasteiger partial charge in [-0.05, 0) is 60.1 Å². The SMILES string of the molecule is CCCC[C@H](CC)CC[C@@H]1Cc2ccc(-c3cccc(OC)c3)cc2C12N=C(N)N(C)O2. The number of nitrogens with zero attached hydrogens (tertiary/aromatic N) is 2. The van der Waals surface area contributed by atoms with Crippen LogP contribution in [0.4, 0.5) is 0 Å². The number of benzene rings is 2. The van der Waals surface area contributed by atoms with Gasteiger partial charge in [-0.25, -0.2) is 14.9 Å². The summed E-state index contributed by atoms with van der Waals surface area (Å²) in [6.45, 7) is 4.59. The largest absolute Gasteiger partial charge is 0.497 e. The lowest BCUT2D eigenvalue weighted by Gasteiger charge is -2.30. The molecule has 0 radical (unpaired) electrons. The maximum absolute atomic E-state index is 6.42. The quantitative estimate of drug-likeness (QED) is 0.535. The van der Waals surface area contributed by atoms with Crippen LogP contribution in [-0.4, -0.2) is 25.2 Å². The van der Waals surface area contributed by atoms with Crippen LogP contribution in [-0.2, 0) is 17.0 Å². The van der Waals surface area contributed by atoms with E-state index in [9.17, 15) is 0 Å². The molecule has 0 saturated carbocycles. The number of hydrogen-bond donors (Lipinski definition) is 1. The predicted octanol–water partition coefficient (Wildman–Crippen LogP) is 5.88. The molecule has 0 fully saturated rings. The van der Waals surface area contributed by atoms with Crippen molar-refractivity contribution in [1.29, 1.82) is 0 Å². The number of methoxy groups -OCH3 is 1. The molecule has 172 valence electrons. The predicted molar refractivity (Wildman–Crippen MR) is 130 cm³/mol. The van der Waals surface area contributed by atoms with Crippen molar-refractivity contribution in [3.05, 3.63) is 53.6 Å². The topological polar surface area (TPSA) is 60.1 Å². The van der Waals surface area contributed by atoms with Crippen LogP contribution in [0, 0.1) is 11.8 Å². The lowest BCUT2D eigenvalue weighted by Crippen LogP contribution is -2.34. The van der Waals surface area contributed by atoms with E-state index in [2.05, 4.69) is 44.2 Å². The Morgan fingerprint density at radius 1 is 1.19 bits per heavy atom. The zero-order valence-electron chi connectivity index (χ0n) is 19.9. The molecule has 0 bridgehead atoms. The molecule has 2 aliphatic rings.